The molecule has 0 bridgehead atoms. The van der Waals surface area contributed by atoms with Crippen molar-refractivity contribution in [1.29, 1.82) is 0 Å². The number of anilines is 2. The number of amidine groups is 1. The number of nitrogens with one attached hydrogen (secondary N) is 1. The quantitative estimate of drug-likeness (QED) is 0.404. The Morgan fingerprint density at radius 2 is 1.76 bits per heavy atom. The Morgan fingerprint density at radius 1 is 1.09 bits per heavy atom. The van der Waals surface area contributed by atoms with E-state index in [4.69, 9.17) is 11.5 Å². The fourth-order valence-electron chi connectivity index (χ4n) is 3.96. The van der Waals surface area contributed by atoms with Crippen molar-refractivity contribution in [2.45, 2.75) is 19.4 Å². The van der Waals surface area contributed by atoms with E-state index in [1.165, 1.54) is 12.1 Å². The van der Waals surface area contributed by atoms with Crippen molar-refractivity contribution in [3.8, 4) is 11.3 Å². The van der Waals surface area contributed by atoms with Crippen molar-refractivity contribution in [3.63, 3.8) is 0 Å². The molecule has 5 N–H and O–H groups in total. The number of halogens is 2. The van der Waals surface area contributed by atoms with Gasteiger partial charge in [0.05, 0.1) is 11.3 Å². The molecule has 1 fully saturated rings. The van der Waals surface area contributed by atoms with Gasteiger partial charge in [0.15, 0.2) is 0 Å². The molecule has 0 unspecified atom stereocenters. The van der Waals surface area contributed by atoms with Gasteiger partial charge in [-0.05, 0) is 62.4 Å². The molecule has 1 aliphatic rings. The molecule has 2 heterocycles. The van der Waals surface area contributed by atoms with Crippen LogP contribution in [0.4, 0.5) is 20.3 Å². The lowest BCUT2D eigenvalue weighted by atomic mass is 10.0. The van der Waals surface area contributed by atoms with Crippen molar-refractivity contribution < 1.29 is 13.6 Å². The van der Waals surface area contributed by atoms with Gasteiger partial charge in [-0.1, -0.05) is 0 Å². The van der Waals surface area contributed by atoms with Crippen LogP contribution in [0.1, 0.15) is 29.8 Å². The summed E-state index contributed by atoms with van der Waals surface area (Å²) in [5.74, 6) is -2.07. The molecule has 1 saturated heterocycles. The van der Waals surface area contributed by atoms with Crippen LogP contribution in [0.15, 0.2) is 59.6 Å². The second-order valence-corrected chi connectivity index (χ2v) is 8.87. The molecular formula is C25H26F2N6O. The van der Waals surface area contributed by atoms with Crippen molar-refractivity contribution in [1.82, 2.24) is 10.3 Å². The predicted molar refractivity (Wildman–Crippen MR) is 130 cm³/mol. The number of piperazine rings is 1. The number of carbonyl (C=O) groups excluding carboxylic acids is 1. The fraction of sp³-hybridized carbons (Fsp3) is 0.240. The number of hydrogen-bond donors (Lipinski definition) is 3. The highest BCUT2D eigenvalue weighted by Crippen LogP contribution is 2.23. The van der Waals surface area contributed by atoms with Gasteiger partial charge in [-0.15, -0.1) is 0 Å². The van der Waals surface area contributed by atoms with Crippen LogP contribution in [0, 0.1) is 11.6 Å². The summed E-state index contributed by atoms with van der Waals surface area (Å²) in [6.07, 6.45) is 0. The number of rotatable bonds is 4. The molecule has 1 aliphatic heterocycles. The van der Waals surface area contributed by atoms with E-state index in [2.05, 4.69) is 34.0 Å². The smallest absolute Gasteiger partial charge is 0.278 e. The third-order valence-electron chi connectivity index (χ3n) is 5.63. The summed E-state index contributed by atoms with van der Waals surface area (Å²) >= 11 is 0. The number of aliphatic imine (C=N–C) groups is 1. The first-order valence-electron chi connectivity index (χ1n) is 10.8. The molecule has 34 heavy (non-hydrogen) atoms. The summed E-state index contributed by atoms with van der Waals surface area (Å²) in [7, 11) is 0. The summed E-state index contributed by atoms with van der Waals surface area (Å²) in [6, 6.07) is 13.3. The highest BCUT2D eigenvalue weighted by molar-refractivity contribution is 6.10. The van der Waals surface area contributed by atoms with Crippen molar-refractivity contribution >= 4 is 23.2 Å². The molecule has 0 saturated carbocycles. The van der Waals surface area contributed by atoms with E-state index in [-0.39, 0.29) is 34.0 Å². The van der Waals surface area contributed by atoms with Crippen molar-refractivity contribution in [3.05, 3.63) is 77.4 Å². The molecule has 0 spiro atoms. The number of nitrogen functional groups attached to an aromatic ring is 1. The van der Waals surface area contributed by atoms with Gasteiger partial charge in [-0.3, -0.25) is 4.79 Å². The van der Waals surface area contributed by atoms with Crippen LogP contribution in [-0.4, -0.2) is 41.9 Å². The highest BCUT2D eigenvalue weighted by Gasteiger charge is 2.25. The molecule has 0 atom stereocenters. The standard InChI is InChI=1S/C25H26F2N6O/c1-25(2)14-33(10-9-30-25)19-5-3-15(4-6-19)24(34)32-23(29)20-7-8-21(31-22(20)28)16-11-17(26)13-18(27)12-16/h3-8,11-13,30H,9-10,14H2,1-2H3,(H2,28,31)(H2,29,32,34). The highest BCUT2D eigenvalue weighted by atomic mass is 19.1. The van der Waals surface area contributed by atoms with Gasteiger partial charge in [0.25, 0.3) is 5.91 Å². The summed E-state index contributed by atoms with van der Waals surface area (Å²) in [5, 5.41) is 3.47. The largest absolute Gasteiger partial charge is 0.383 e. The van der Waals surface area contributed by atoms with Crippen LogP contribution in [0.3, 0.4) is 0 Å². The predicted octanol–water partition coefficient (Wildman–Crippen LogP) is 3.34. The van der Waals surface area contributed by atoms with Gasteiger partial charge in [0.1, 0.15) is 23.3 Å². The van der Waals surface area contributed by atoms with E-state index in [0.29, 0.717) is 5.56 Å². The number of pyridine rings is 1. The number of carbonyl (C=O) groups is 1. The lowest BCUT2D eigenvalue weighted by Crippen LogP contribution is -2.57. The maximum Gasteiger partial charge on any atom is 0.278 e. The molecule has 176 valence electrons. The topological polar surface area (TPSA) is 110 Å². The van der Waals surface area contributed by atoms with Crippen LogP contribution in [0.25, 0.3) is 11.3 Å². The molecule has 4 rings (SSSR count). The first kappa shape index (κ1) is 23.3. The van der Waals surface area contributed by atoms with E-state index in [1.807, 2.05) is 12.1 Å². The zero-order chi connectivity index (χ0) is 24.5. The van der Waals surface area contributed by atoms with E-state index >= 15 is 0 Å². The van der Waals surface area contributed by atoms with Gasteiger partial charge in [-0.2, -0.15) is 4.99 Å². The number of benzene rings is 2. The fourth-order valence-corrected chi connectivity index (χ4v) is 3.96. The number of amides is 1. The Hall–Kier alpha value is -3.85. The zero-order valence-electron chi connectivity index (χ0n) is 19.0. The number of hydrogen-bond acceptors (Lipinski definition) is 5. The van der Waals surface area contributed by atoms with E-state index < -0.39 is 17.5 Å². The molecule has 1 amide bonds. The van der Waals surface area contributed by atoms with Crippen molar-refractivity contribution in [2.24, 2.45) is 10.7 Å². The molecule has 0 radical (unpaired) electrons. The first-order valence-corrected chi connectivity index (χ1v) is 10.8. The van der Waals surface area contributed by atoms with Gasteiger partial charge in [0.2, 0.25) is 0 Å². The van der Waals surface area contributed by atoms with E-state index in [1.54, 1.807) is 12.1 Å². The van der Waals surface area contributed by atoms with Gasteiger partial charge < -0.3 is 21.7 Å². The van der Waals surface area contributed by atoms with E-state index in [0.717, 1.165) is 43.5 Å². The van der Waals surface area contributed by atoms with Crippen LogP contribution in [-0.2, 0) is 0 Å². The minimum absolute atomic E-state index is 0.00658. The third kappa shape index (κ3) is 5.20. The summed E-state index contributed by atoms with van der Waals surface area (Å²) in [5.41, 5.74) is 14.2. The van der Waals surface area contributed by atoms with Gasteiger partial charge in [0, 0.05) is 48.1 Å². The molecule has 7 nitrogen and oxygen atoms in total. The normalized spacial score (nSPS) is 15.9. The Kier molecular flexibility index (Phi) is 6.30. The van der Waals surface area contributed by atoms with Gasteiger partial charge in [-0.25, -0.2) is 13.8 Å². The van der Waals surface area contributed by atoms with E-state index in [9.17, 15) is 13.6 Å². The molecular weight excluding hydrogens is 438 g/mol. The second-order valence-electron chi connectivity index (χ2n) is 8.87. The van der Waals surface area contributed by atoms with Crippen LogP contribution < -0.4 is 21.7 Å². The zero-order valence-corrected chi connectivity index (χ0v) is 19.0. The Bertz CT molecular complexity index is 1240. The van der Waals surface area contributed by atoms with Crippen LogP contribution in [0.5, 0.6) is 0 Å². The molecule has 2 aromatic carbocycles. The Balaban J connectivity index is 1.51. The second kappa shape index (κ2) is 9.18. The summed E-state index contributed by atoms with van der Waals surface area (Å²) in [4.78, 5) is 23.1. The Labute approximate surface area is 196 Å². The van der Waals surface area contributed by atoms with Crippen molar-refractivity contribution in [2.75, 3.05) is 30.3 Å². The average Bonchev–Trinajstić information content (AvgIpc) is 2.77. The monoisotopic (exact) mass is 464 g/mol. The number of aromatic nitrogens is 1. The van der Waals surface area contributed by atoms with Crippen LogP contribution in [0.2, 0.25) is 0 Å². The molecule has 9 heteroatoms. The maximum atomic E-state index is 13.5. The lowest BCUT2D eigenvalue weighted by molar-refractivity contribution is 0.100. The number of nitrogens with two attached hydrogens (primary N) is 2. The average molecular weight is 465 g/mol. The minimum atomic E-state index is -0.724. The summed E-state index contributed by atoms with van der Waals surface area (Å²) < 4.78 is 27.0. The maximum absolute atomic E-state index is 13.5. The van der Waals surface area contributed by atoms with Gasteiger partial charge >= 0.3 is 0 Å². The SMILES string of the molecule is CC1(C)CN(c2ccc(C(=O)N=C(N)c3ccc(-c4cc(F)cc(F)c4)nc3N)cc2)CCN1. The first-order chi connectivity index (χ1) is 16.1. The summed E-state index contributed by atoms with van der Waals surface area (Å²) in [6.45, 7) is 6.93. The minimum Gasteiger partial charge on any atom is -0.383 e. The molecule has 0 aliphatic carbocycles. The molecule has 1 aromatic heterocycles. The lowest BCUT2D eigenvalue weighted by Gasteiger charge is -2.40. The van der Waals surface area contributed by atoms with Crippen LogP contribution >= 0.6 is 0 Å². The third-order valence-corrected chi connectivity index (χ3v) is 5.63. The molecule has 3 aromatic rings. The Morgan fingerprint density at radius 3 is 2.38 bits per heavy atom. The number of nitrogens with zero attached hydrogens (tertiary/aromatic N) is 3.